The molecule has 1 saturated heterocycles. The molecule has 0 spiro atoms. The molecule has 1 unspecified atom stereocenters. The molecular weight excluding hydrogens is 424 g/mol. The molecule has 2 aromatic carbocycles. The minimum absolute atomic E-state index is 0.0131. The highest BCUT2D eigenvalue weighted by atomic mass is 16.5. The molecule has 2 N–H and O–H groups in total. The van der Waals surface area contributed by atoms with Gasteiger partial charge in [-0.3, -0.25) is 14.9 Å². The second-order valence-corrected chi connectivity index (χ2v) is 8.53. The van der Waals surface area contributed by atoms with Gasteiger partial charge in [-0.2, -0.15) is 5.06 Å². The van der Waals surface area contributed by atoms with Crippen molar-refractivity contribution in [3.05, 3.63) is 59.7 Å². The van der Waals surface area contributed by atoms with E-state index in [1.807, 2.05) is 38.1 Å². The van der Waals surface area contributed by atoms with E-state index in [2.05, 4.69) is 5.32 Å². The van der Waals surface area contributed by atoms with E-state index in [0.717, 1.165) is 11.1 Å². The minimum Gasteiger partial charge on any atom is -0.469 e. The van der Waals surface area contributed by atoms with Crippen LogP contribution in [0.4, 0.5) is 21.0 Å². The van der Waals surface area contributed by atoms with Crippen LogP contribution < -0.4 is 10.2 Å². The van der Waals surface area contributed by atoms with Crippen LogP contribution in [0.5, 0.6) is 0 Å². The number of ether oxygens (including phenoxy) is 1. The highest BCUT2D eigenvalue weighted by Crippen LogP contribution is 2.39. The molecular formula is C24H30N4O5. The Balaban J connectivity index is 1.99. The normalized spacial score (nSPS) is 17.2. The number of methoxy groups -OCH3 is 1. The van der Waals surface area contributed by atoms with Crippen molar-refractivity contribution in [2.24, 2.45) is 0 Å². The largest absolute Gasteiger partial charge is 0.469 e. The maximum atomic E-state index is 13.6. The number of anilines is 2. The van der Waals surface area contributed by atoms with Gasteiger partial charge in [0, 0.05) is 12.2 Å². The molecule has 2 aromatic rings. The van der Waals surface area contributed by atoms with Gasteiger partial charge in [0.15, 0.2) is 6.17 Å². The fourth-order valence-electron chi connectivity index (χ4n) is 4.10. The Bertz CT molecular complexity index is 1050. The van der Waals surface area contributed by atoms with Crippen molar-refractivity contribution in [3.8, 4) is 0 Å². The quantitative estimate of drug-likeness (QED) is 0.388. The predicted octanol–water partition coefficient (Wildman–Crippen LogP) is 4.14. The maximum absolute atomic E-state index is 13.6. The molecule has 0 radical (unpaired) electrons. The van der Waals surface area contributed by atoms with E-state index in [0.29, 0.717) is 16.4 Å². The zero-order valence-corrected chi connectivity index (χ0v) is 19.5. The molecule has 1 fully saturated rings. The number of hydrogen-bond acceptors (Lipinski definition) is 5. The van der Waals surface area contributed by atoms with Crippen molar-refractivity contribution in [1.29, 1.82) is 0 Å². The lowest BCUT2D eigenvalue weighted by Gasteiger charge is -2.38. The van der Waals surface area contributed by atoms with Crippen LogP contribution in [0.15, 0.2) is 48.5 Å². The summed E-state index contributed by atoms with van der Waals surface area (Å²) in [5, 5.41) is 14.4. The van der Waals surface area contributed by atoms with Gasteiger partial charge in [0.2, 0.25) is 0 Å². The van der Waals surface area contributed by atoms with Gasteiger partial charge >= 0.3 is 18.0 Å². The molecule has 0 saturated carbocycles. The summed E-state index contributed by atoms with van der Waals surface area (Å²) < 4.78 is 4.72. The summed E-state index contributed by atoms with van der Waals surface area (Å²) in [5.74, 6) is -0.456. The first-order chi connectivity index (χ1) is 15.6. The van der Waals surface area contributed by atoms with Gasteiger partial charge in [0.1, 0.15) is 0 Å². The van der Waals surface area contributed by atoms with Crippen LogP contribution in [-0.4, -0.2) is 58.6 Å². The molecule has 0 aliphatic carbocycles. The first-order valence-corrected chi connectivity index (χ1v) is 10.7. The van der Waals surface area contributed by atoms with Crippen LogP contribution >= 0.6 is 0 Å². The summed E-state index contributed by atoms with van der Waals surface area (Å²) in [6.45, 7) is 7.25. The summed E-state index contributed by atoms with van der Waals surface area (Å²) in [5.41, 5.74) is 1.70. The van der Waals surface area contributed by atoms with Gasteiger partial charge in [0.25, 0.3) is 0 Å². The number of urea groups is 2. The molecule has 1 aliphatic heterocycles. The molecule has 0 aromatic heterocycles. The molecule has 176 valence electrons. The molecule has 33 heavy (non-hydrogen) atoms. The third-order valence-electron chi connectivity index (χ3n) is 5.98. The summed E-state index contributed by atoms with van der Waals surface area (Å²) >= 11 is 0. The summed E-state index contributed by atoms with van der Waals surface area (Å²) in [4.78, 5) is 41.2. The molecule has 1 heterocycles. The molecule has 3 rings (SSSR count). The smallest absolute Gasteiger partial charge is 0.347 e. The fraction of sp³-hybridized carbons (Fsp3) is 0.375. The van der Waals surface area contributed by atoms with Gasteiger partial charge in [-0.05, 0) is 51.0 Å². The first kappa shape index (κ1) is 24.1. The van der Waals surface area contributed by atoms with Gasteiger partial charge in [0.05, 0.1) is 24.8 Å². The lowest BCUT2D eigenvalue weighted by atomic mass is 9.99. The number of rotatable bonds is 6. The standard InChI is InChI=1S/C24H30N4O5/c1-16-10-6-8-12-18(16)25-22(30)28(32)21-24(3,4)26(15-14-20(29)33-5)23(31)27(21)19-13-9-7-11-17(19)2/h6-13,21,32H,14-15H2,1-5H3,(H,25,30). The number of nitrogens with one attached hydrogen (secondary N) is 1. The van der Waals surface area contributed by atoms with E-state index in [9.17, 15) is 19.6 Å². The van der Waals surface area contributed by atoms with Crippen LogP contribution in [-0.2, 0) is 9.53 Å². The van der Waals surface area contributed by atoms with Gasteiger partial charge < -0.3 is 15.0 Å². The van der Waals surface area contributed by atoms with E-state index in [1.165, 1.54) is 16.9 Å². The number of amides is 4. The predicted molar refractivity (Wildman–Crippen MR) is 124 cm³/mol. The van der Waals surface area contributed by atoms with E-state index in [1.54, 1.807) is 38.1 Å². The Hall–Kier alpha value is -3.59. The number of aryl methyl sites for hydroxylation is 2. The Labute approximate surface area is 193 Å². The average molecular weight is 455 g/mol. The first-order valence-electron chi connectivity index (χ1n) is 10.7. The molecule has 9 heteroatoms. The van der Waals surface area contributed by atoms with Crippen LogP contribution in [0.1, 0.15) is 31.4 Å². The number of hydroxylamine groups is 2. The third-order valence-corrected chi connectivity index (χ3v) is 5.98. The second kappa shape index (κ2) is 9.50. The van der Waals surface area contributed by atoms with E-state index in [4.69, 9.17) is 4.74 Å². The average Bonchev–Trinajstić information content (AvgIpc) is 2.98. The number of carbonyl (C=O) groups excluding carboxylic acids is 3. The summed E-state index contributed by atoms with van der Waals surface area (Å²) in [6, 6.07) is 13.2. The molecule has 1 atom stereocenters. The minimum atomic E-state index is -1.06. The zero-order chi connectivity index (χ0) is 24.3. The monoisotopic (exact) mass is 454 g/mol. The van der Waals surface area contributed by atoms with Crippen LogP contribution in [0.2, 0.25) is 0 Å². The second-order valence-electron chi connectivity index (χ2n) is 8.53. The van der Waals surface area contributed by atoms with E-state index < -0.39 is 29.7 Å². The number of para-hydroxylation sites is 2. The molecule has 1 aliphatic rings. The summed E-state index contributed by atoms with van der Waals surface area (Å²) in [6.07, 6.45) is -1.08. The maximum Gasteiger partial charge on any atom is 0.347 e. The van der Waals surface area contributed by atoms with Gasteiger partial charge in [-0.15, -0.1) is 0 Å². The van der Waals surface area contributed by atoms with Gasteiger partial charge in [-0.1, -0.05) is 36.4 Å². The van der Waals surface area contributed by atoms with Crippen LogP contribution in [0, 0.1) is 13.8 Å². The van der Waals surface area contributed by atoms with Crippen molar-refractivity contribution in [2.45, 2.75) is 45.8 Å². The van der Waals surface area contributed by atoms with Gasteiger partial charge in [-0.25, -0.2) is 9.59 Å². The van der Waals surface area contributed by atoms with Crippen molar-refractivity contribution in [3.63, 3.8) is 0 Å². The Morgan fingerprint density at radius 2 is 1.70 bits per heavy atom. The molecule has 9 nitrogen and oxygen atoms in total. The van der Waals surface area contributed by atoms with Crippen molar-refractivity contribution < 1.29 is 24.3 Å². The van der Waals surface area contributed by atoms with Crippen molar-refractivity contribution in [2.75, 3.05) is 23.9 Å². The fourth-order valence-corrected chi connectivity index (χ4v) is 4.10. The third kappa shape index (κ3) is 4.63. The number of esters is 1. The summed E-state index contributed by atoms with van der Waals surface area (Å²) in [7, 11) is 1.28. The van der Waals surface area contributed by atoms with Crippen molar-refractivity contribution in [1.82, 2.24) is 9.96 Å². The van der Waals surface area contributed by atoms with E-state index in [-0.39, 0.29) is 13.0 Å². The number of nitrogens with zero attached hydrogens (tertiary/aromatic N) is 3. The SMILES string of the molecule is COC(=O)CCN1C(=O)N(c2ccccc2C)C(N(O)C(=O)Nc2ccccc2C)C1(C)C. The highest BCUT2D eigenvalue weighted by Gasteiger charge is 2.56. The van der Waals surface area contributed by atoms with Crippen LogP contribution in [0.25, 0.3) is 0 Å². The Morgan fingerprint density at radius 3 is 2.30 bits per heavy atom. The van der Waals surface area contributed by atoms with Crippen molar-refractivity contribution >= 4 is 29.4 Å². The number of benzene rings is 2. The number of carbonyl (C=O) groups is 3. The molecule has 4 amide bonds. The Morgan fingerprint density at radius 1 is 1.09 bits per heavy atom. The lowest BCUT2D eigenvalue weighted by molar-refractivity contribution is -0.141. The lowest BCUT2D eigenvalue weighted by Crippen LogP contribution is -2.58. The molecule has 0 bridgehead atoms. The van der Waals surface area contributed by atoms with Crippen LogP contribution in [0.3, 0.4) is 0 Å². The van der Waals surface area contributed by atoms with E-state index >= 15 is 0 Å². The Kier molecular flexibility index (Phi) is 6.92. The number of hydrogen-bond donors (Lipinski definition) is 2. The highest BCUT2D eigenvalue weighted by molar-refractivity contribution is 5.99. The topological polar surface area (TPSA) is 102 Å². The zero-order valence-electron chi connectivity index (χ0n) is 19.5.